The monoisotopic (exact) mass is 340 g/mol. The van der Waals surface area contributed by atoms with Crippen molar-refractivity contribution in [3.63, 3.8) is 0 Å². The van der Waals surface area contributed by atoms with Gasteiger partial charge in [-0.05, 0) is 19.1 Å². The van der Waals surface area contributed by atoms with Gasteiger partial charge in [-0.3, -0.25) is 4.98 Å². The lowest BCUT2D eigenvalue weighted by molar-refractivity contribution is 0.122. The highest BCUT2D eigenvalue weighted by Crippen LogP contribution is 2.30. The summed E-state index contributed by atoms with van der Waals surface area (Å²) >= 11 is 0. The van der Waals surface area contributed by atoms with Crippen LogP contribution in [-0.2, 0) is 17.8 Å². The molecule has 1 saturated heterocycles. The van der Waals surface area contributed by atoms with Gasteiger partial charge in [0.25, 0.3) is 0 Å². The fourth-order valence-corrected chi connectivity index (χ4v) is 3.18. The number of urea groups is 1. The SMILES string of the molecule is Cc1nc2c(c(N3CCOCC3)n1)CN(C(=O)Nc1cccnc1)C2. The van der Waals surface area contributed by atoms with Gasteiger partial charge < -0.3 is 19.9 Å². The maximum Gasteiger partial charge on any atom is 0.322 e. The molecule has 130 valence electrons. The van der Waals surface area contributed by atoms with Crippen molar-refractivity contribution in [2.45, 2.75) is 20.0 Å². The number of rotatable bonds is 2. The van der Waals surface area contributed by atoms with Crippen molar-refractivity contribution in [3.05, 3.63) is 41.6 Å². The van der Waals surface area contributed by atoms with Crippen molar-refractivity contribution in [2.24, 2.45) is 0 Å². The Bertz CT molecular complexity index is 776. The Labute approximate surface area is 145 Å². The van der Waals surface area contributed by atoms with E-state index in [9.17, 15) is 4.79 Å². The summed E-state index contributed by atoms with van der Waals surface area (Å²) in [6.45, 7) is 5.90. The van der Waals surface area contributed by atoms with Crippen molar-refractivity contribution in [1.29, 1.82) is 0 Å². The first-order valence-corrected chi connectivity index (χ1v) is 8.36. The van der Waals surface area contributed by atoms with Gasteiger partial charge in [0.2, 0.25) is 0 Å². The third-order valence-electron chi connectivity index (χ3n) is 4.38. The number of amides is 2. The number of morpholine rings is 1. The molecule has 0 unspecified atom stereocenters. The highest BCUT2D eigenvalue weighted by atomic mass is 16.5. The van der Waals surface area contributed by atoms with Crippen LogP contribution in [0.1, 0.15) is 17.1 Å². The normalized spacial score (nSPS) is 16.7. The highest BCUT2D eigenvalue weighted by molar-refractivity contribution is 5.89. The average Bonchev–Trinajstić information content (AvgIpc) is 3.06. The van der Waals surface area contributed by atoms with Crippen molar-refractivity contribution in [1.82, 2.24) is 19.9 Å². The van der Waals surface area contributed by atoms with E-state index in [0.717, 1.165) is 36.0 Å². The summed E-state index contributed by atoms with van der Waals surface area (Å²) in [5.74, 6) is 1.66. The van der Waals surface area contributed by atoms with Crippen molar-refractivity contribution in [2.75, 3.05) is 36.5 Å². The maximum atomic E-state index is 12.6. The molecule has 25 heavy (non-hydrogen) atoms. The third-order valence-corrected chi connectivity index (χ3v) is 4.38. The molecule has 2 amide bonds. The van der Waals surface area contributed by atoms with Crippen LogP contribution >= 0.6 is 0 Å². The van der Waals surface area contributed by atoms with Crippen LogP contribution in [0.2, 0.25) is 0 Å². The molecule has 4 rings (SSSR count). The topological polar surface area (TPSA) is 83.5 Å². The number of pyridine rings is 1. The van der Waals surface area contributed by atoms with Crippen LogP contribution in [0.5, 0.6) is 0 Å². The lowest BCUT2D eigenvalue weighted by Crippen LogP contribution is -2.37. The van der Waals surface area contributed by atoms with Crippen LogP contribution in [-0.4, -0.2) is 52.2 Å². The lowest BCUT2D eigenvalue weighted by atomic mass is 10.2. The van der Waals surface area contributed by atoms with Gasteiger partial charge in [0.15, 0.2) is 0 Å². The zero-order valence-corrected chi connectivity index (χ0v) is 14.1. The number of hydrogen-bond donors (Lipinski definition) is 1. The molecule has 0 bridgehead atoms. The van der Waals surface area contributed by atoms with E-state index in [1.807, 2.05) is 13.0 Å². The first kappa shape index (κ1) is 15.8. The third kappa shape index (κ3) is 3.25. The molecule has 0 aliphatic carbocycles. The van der Waals surface area contributed by atoms with Gasteiger partial charge in [-0.2, -0.15) is 0 Å². The molecule has 2 aromatic heterocycles. The summed E-state index contributed by atoms with van der Waals surface area (Å²) in [4.78, 5) is 29.7. The molecule has 4 heterocycles. The summed E-state index contributed by atoms with van der Waals surface area (Å²) in [5.41, 5.74) is 2.64. The number of nitrogens with one attached hydrogen (secondary N) is 1. The van der Waals surface area contributed by atoms with Gasteiger partial charge in [0.05, 0.1) is 43.9 Å². The summed E-state index contributed by atoms with van der Waals surface area (Å²) in [6, 6.07) is 3.45. The summed E-state index contributed by atoms with van der Waals surface area (Å²) in [5, 5.41) is 2.88. The predicted molar refractivity (Wildman–Crippen MR) is 92.3 cm³/mol. The molecule has 0 saturated carbocycles. The Kier molecular flexibility index (Phi) is 4.19. The Morgan fingerprint density at radius 1 is 1.24 bits per heavy atom. The number of aromatic nitrogens is 3. The standard InChI is InChI=1S/C17H20N6O2/c1-12-19-15-11-23(17(24)21-13-3-2-4-18-9-13)10-14(15)16(20-12)22-5-7-25-8-6-22/h2-4,9H,5-8,10-11H2,1H3,(H,21,24). The second kappa shape index (κ2) is 6.64. The molecule has 0 spiro atoms. The molecule has 1 fully saturated rings. The minimum atomic E-state index is -0.156. The van der Waals surface area contributed by atoms with Gasteiger partial charge in [0.1, 0.15) is 11.6 Å². The zero-order chi connectivity index (χ0) is 17.2. The Hall–Kier alpha value is -2.74. The van der Waals surface area contributed by atoms with E-state index in [2.05, 4.69) is 25.2 Å². The van der Waals surface area contributed by atoms with E-state index >= 15 is 0 Å². The molecular weight excluding hydrogens is 320 g/mol. The molecule has 2 aliphatic rings. The van der Waals surface area contributed by atoms with Crippen molar-refractivity contribution >= 4 is 17.5 Å². The predicted octanol–water partition coefficient (Wildman–Crippen LogP) is 1.56. The van der Waals surface area contributed by atoms with Gasteiger partial charge in [-0.15, -0.1) is 0 Å². The van der Waals surface area contributed by atoms with Gasteiger partial charge in [-0.1, -0.05) is 0 Å². The van der Waals surface area contributed by atoms with E-state index < -0.39 is 0 Å². The van der Waals surface area contributed by atoms with E-state index in [1.165, 1.54) is 0 Å². The van der Waals surface area contributed by atoms with Crippen LogP contribution in [0.3, 0.4) is 0 Å². The minimum Gasteiger partial charge on any atom is -0.378 e. The first-order chi connectivity index (χ1) is 12.2. The van der Waals surface area contributed by atoms with Crippen LogP contribution < -0.4 is 10.2 Å². The van der Waals surface area contributed by atoms with Crippen LogP contribution in [0, 0.1) is 6.92 Å². The molecule has 8 nitrogen and oxygen atoms in total. The smallest absolute Gasteiger partial charge is 0.322 e. The molecule has 0 radical (unpaired) electrons. The second-order valence-corrected chi connectivity index (χ2v) is 6.15. The zero-order valence-electron chi connectivity index (χ0n) is 14.1. The number of carbonyl (C=O) groups is 1. The molecular formula is C17H20N6O2. The quantitative estimate of drug-likeness (QED) is 0.893. The molecule has 0 aromatic carbocycles. The minimum absolute atomic E-state index is 0.156. The lowest BCUT2D eigenvalue weighted by Gasteiger charge is -2.29. The number of fused-ring (bicyclic) bond motifs is 1. The molecule has 2 aliphatic heterocycles. The van der Waals surface area contributed by atoms with E-state index in [-0.39, 0.29) is 6.03 Å². The fourth-order valence-electron chi connectivity index (χ4n) is 3.18. The Morgan fingerprint density at radius 3 is 2.84 bits per heavy atom. The maximum absolute atomic E-state index is 12.6. The van der Waals surface area contributed by atoms with Crippen LogP contribution in [0.25, 0.3) is 0 Å². The summed E-state index contributed by atoms with van der Waals surface area (Å²) < 4.78 is 5.43. The Morgan fingerprint density at radius 2 is 2.08 bits per heavy atom. The van der Waals surface area contributed by atoms with E-state index in [4.69, 9.17) is 4.74 Å². The summed E-state index contributed by atoms with van der Waals surface area (Å²) in [7, 11) is 0. The number of aryl methyl sites for hydroxylation is 1. The second-order valence-electron chi connectivity index (χ2n) is 6.15. The molecule has 0 atom stereocenters. The fraction of sp³-hybridized carbons (Fsp3) is 0.412. The number of ether oxygens (including phenoxy) is 1. The van der Waals surface area contributed by atoms with Crippen molar-refractivity contribution < 1.29 is 9.53 Å². The van der Waals surface area contributed by atoms with Gasteiger partial charge >= 0.3 is 6.03 Å². The first-order valence-electron chi connectivity index (χ1n) is 8.36. The van der Waals surface area contributed by atoms with E-state index in [0.29, 0.717) is 32.0 Å². The highest BCUT2D eigenvalue weighted by Gasteiger charge is 2.30. The number of hydrogen-bond acceptors (Lipinski definition) is 6. The Balaban J connectivity index is 1.54. The van der Waals surface area contributed by atoms with Crippen molar-refractivity contribution in [3.8, 4) is 0 Å². The number of anilines is 2. The molecule has 8 heteroatoms. The summed E-state index contributed by atoms with van der Waals surface area (Å²) in [6.07, 6.45) is 3.30. The van der Waals surface area contributed by atoms with Crippen LogP contribution in [0.4, 0.5) is 16.3 Å². The van der Waals surface area contributed by atoms with Gasteiger partial charge in [-0.25, -0.2) is 14.8 Å². The number of carbonyl (C=O) groups excluding carboxylic acids is 1. The van der Waals surface area contributed by atoms with Gasteiger partial charge in [0, 0.05) is 24.8 Å². The average molecular weight is 340 g/mol. The largest absolute Gasteiger partial charge is 0.378 e. The molecule has 2 aromatic rings. The molecule has 1 N–H and O–H groups in total. The van der Waals surface area contributed by atoms with E-state index in [1.54, 1.807) is 23.4 Å². The number of nitrogens with zero attached hydrogens (tertiary/aromatic N) is 5. The van der Waals surface area contributed by atoms with Crippen LogP contribution in [0.15, 0.2) is 24.5 Å².